The first kappa shape index (κ1) is 30.1. The zero-order chi connectivity index (χ0) is 32.3. The summed E-state index contributed by atoms with van der Waals surface area (Å²) < 4.78 is 0. The molecule has 4 aliphatic carbocycles. The van der Waals surface area contributed by atoms with Crippen molar-refractivity contribution in [1.29, 1.82) is 5.26 Å². The van der Waals surface area contributed by atoms with Crippen LogP contribution in [0.3, 0.4) is 0 Å². The first-order valence-corrected chi connectivity index (χ1v) is 17.4. The van der Waals surface area contributed by atoms with Gasteiger partial charge in [-0.05, 0) is 95.6 Å². The summed E-state index contributed by atoms with van der Waals surface area (Å²) in [7, 11) is 0. The van der Waals surface area contributed by atoms with Gasteiger partial charge < -0.3 is 5.32 Å². The van der Waals surface area contributed by atoms with E-state index in [2.05, 4.69) is 144 Å². The van der Waals surface area contributed by atoms with Crippen LogP contribution in [-0.2, 0) is 0 Å². The van der Waals surface area contributed by atoms with E-state index in [4.69, 9.17) is 4.99 Å². The third-order valence-corrected chi connectivity index (χ3v) is 10.3. The van der Waals surface area contributed by atoms with Crippen molar-refractivity contribution in [3.05, 3.63) is 183 Å². The highest BCUT2D eigenvalue weighted by Gasteiger charge is 2.28. The van der Waals surface area contributed by atoms with Gasteiger partial charge in [-0.25, -0.2) is 4.99 Å². The van der Waals surface area contributed by atoms with Crippen molar-refractivity contribution in [1.82, 2.24) is 10.6 Å². The van der Waals surface area contributed by atoms with E-state index in [1.54, 1.807) is 0 Å². The molecule has 0 spiro atoms. The summed E-state index contributed by atoms with van der Waals surface area (Å²) in [6.07, 6.45) is 25.0. The van der Waals surface area contributed by atoms with Crippen LogP contribution in [0.5, 0.6) is 0 Å². The van der Waals surface area contributed by atoms with Crippen molar-refractivity contribution in [3.8, 4) is 6.07 Å². The second-order valence-electron chi connectivity index (χ2n) is 13.2. The van der Waals surface area contributed by atoms with E-state index in [1.165, 1.54) is 50.1 Å². The van der Waals surface area contributed by atoms with Crippen LogP contribution in [0.2, 0.25) is 0 Å². The normalized spacial score (nSPS) is 23.5. The minimum absolute atomic E-state index is 0.0223. The van der Waals surface area contributed by atoms with Gasteiger partial charge >= 0.3 is 0 Å². The highest BCUT2D eigenvalue weighted by Crippen LogP contribution is 2.44. The van der Waals surface area contributed by atoms with E-state index < -0.39 is 0 Å². The molecule has 4 heteroatoms. The number of amidine groups is 1. The van der Waals surface area contributed by atoms with Crippen LogP contribution in [-0.4, -0.2) is 12.0 Å². The van der Waals surface area contributed by atoms with Crippen LogP contribution in [0.25, 0.3) is 5.57 Å². The zero-order valence-corrected chi connectivity index (χ0v) is 27.2. The average molecular weight is 625 g/mol. The van der Waals surface area contributed by atoms with Gasteiger partial charge in [-0.1, -0.05) is 127 Å². The van der Waals surface area contributed by atoms with E-state index in [-0.39, 0.29) is 12.3 Å². The van der Waals surface area contributed by atoms with Gasteiger partial charge in [0.05, 0.1) is 6.07 Å². The third kappa shape index (κ3) is 6.10. The van der Waals surface area contributed by atoms with E-state index in [9.17, 15) is 5.26 Å². The first-order valence-electron chi connectivity index (χ1n) is 17.4. The number of fused-ring (bicyclic) bond motifs is 1. The highest BCUT2D eigenvalue weighted by molar-refractivity contribution is 6.00. The predicted octanol–water partition coefficient (Wildman–Crippen LogP) is 9.66. The molecule has 3 aromatic rings. The van der Waals surface area contributed by atoms with Gasteiger partial charge in [0.25, 0.3) is 0 Å². The molecule has 48 heavy (non-hydrogen) atoms. The molecule has 5 aliphatic rings. The summed E-state index contributed by atoms with van der Waals surface area (Å²) in [5.74, 6) is 1.31. The minimum atomic E-state index is -0.0631. The van der Waals surface area contributed by atoms with Crippen molar-refractivity contribution in [2.75, 3.05) is 0 Å². The van der Waals surface area contributed by atoms with Crippen LogP contribution >= 0.6 is 0 Å². The Bertz CT molecular complexity index is 2010. The Labute approximate surface area is 284 Å². The highest BCUT2D eigenvalue weighted by atomic mass is 15.3. The summed E-state index contributed by atoms with van der Waals surface area (Å²) in [4.78, 5) is 5.18. The van der Waals surface area contributed by atoms with Crippen molar-refractivity contribution in [2.24, 2.45) is 4.99 Å². The summed E-state index contributed by atoms with van der Waals surface area (Å²) in [5.41, 5.74) is 13.9. The van der Waals surface area contributed by atoms with Gasteiger partial charge in [0.1, 0.15) is 18.2 Å². The lowest BCUT2D eigenvalue weighted by Gasteiger charge is -2.33. The van der Waals surface area contributed by atoms with Crippen molar-refractivity contribution in [2.45, 2.75) is 63.2 Å². The topological polar surface area (TPSA) is 60.2 Å². The average Bonchev–Trinajstić information content (AvgIpc) is 3.18. The van der Waals surface area contributed by atoms with Crippen molar-refractivity contribution < 1.29 is 0 Å². The molecule has 4 nitrogen and oxygen atoms in total. The van der Waals surface area contributed by atoms with Crippen molar-refractivity contribution >= 4 is 11.4 Å². The number of benzene rings is 3. The van der Waals surface area contributed by atoms with Gasteiger partial charge in [-0.15, -0.1) is 0 Å². The maximum absolute atomic E-state index is 9.40. The fourth-order valence-electron chi connectivity index (χ4n) is 7.71. The molecule has 1 aliphatic heterocycles. The molecule has 0 radical (unpaired) electrons. The van der Waals surface area contributed by atoms with E-state index in [0.717, 1.165) is 61.9 Å². The molecule has 3 aromatic carbocycles. The molecular formula is C44H40N4. The quantitative estimate of drug-likeness (QED) is 0.287. The molecular weight excluding hydrogens is 585 g/mol. The van der Waals surface area contributed by atoms with E-state index >= 15 is 0 Å². The summed E-state index contributed by atoms with van der Waals surface area (Å²) in [5, 5.41) is 16.8. The van der Waals surface area contributed by atoms with E-state index in [0.29, 0.717) is 5.92 Å². The monoisotopic (exact) mass is 624 g/mol. The van der Waals surface area contributed by atoms with Gasteiger partial charge in [0, 0.05) is 17.1 Å². The summed E-state index contributed by atoms with van der Waals surface area (Å²) >= 11 is 0. The molecule has 0 saturated heterocycles. The maximum Gasteiger partial charge on any atom is 0.131 e. The Kier molecular flexibility index (Phi) is 8.45. The molecule has 1 heterocycles. The number of nitrogens with zero attached hydrogens (tertiary/aromatic N) is 2. The number of aliphatic imine (C=N–C) groups is 1. The Balaban J connectivity index is 1.05. The van der Waals surface area contributed by atoms with Gasteiger partial charge in [-0.2, -0.15) is 5.26 Å². The molecule has 0 fully saturated rings. The predicted molar refractivity (Wildman–Crippen MR) is 196 cm³/mol. The molecule has 3 atom stereocenters. The number of nitriles is 1. The van der Waals surface area contributed by atoms with Crippen LogP contribution in [0.15, 0.2) is 160 Å². The van der Waals surface area contributed by atoms with Gasteiger partial charge in [-0.3, -0.25) is 5.32 Å². The van der Waals surface area contributed by atoms with Crippen LogP contribution < -0.4 is 10.6 Å². The Morgan fingerprint density at radius 2 is 1.58 bits per heavy atom. The van der Waals surface area contributed by atoms with Gasteiger partial charge in [0.15, 0.2) is 0 Å². The number of nitrogens with one attached hydrogen (secondary N) is 2. The third-order valence-electron chi connectivity index (χ3n) is 10.3. The minimum Gasteiger partial charge on any atom is -0.350 e. The van der Waals surface area contributed by atoms with Gasteiger partial charge in [0.2, 0.25) is 0 Å². The molecule has 2 N–H and O–H groups in total. The second-order valence-corrected chi connectivity index (χ2v) is 13.2. The summed E-state index contributed by atoms with van der Waals surface area (Å²) in [6.45, 7) is 0. The molecule has 3 unspecified atom stereocenters. The lowest BCUT2D eigenvalue weighted by molar-refractivity contribution is 0.425. The molecule has 0 bridgehead atoms. The molecule has 8 rings (SSSR count). The van der Waals surface area contributed by atoms with Crippen LogP contribution in [0.4, 0.5) is 0 Å². The fourth-order valence-corrected chi connectivity index (χ4v) is 7.71. The number of rotatable bonds is 6. The SMILES string of the molecule is N#CC1=CC(C2=CC=C(C3CC=C(c4ccc(C5=NC(C6=CC=CCC6)NC(c6ccccc6)N5)cc4)c4ccccc43)CC2)=CCC1. The van der Waals surface area contributed by atoms with Crippen LogP contribution in [0, 0.1) is 11.3 Å². The smallest absolute Gasteiger partial charge is 0.131 e. The Morgan fingerprint density at radius 1 is 0.750 bits per heavy atom. The molecule has 0 aromatic heterocycles. The fraction of sp³-hybridized carbons (Fsp3) is 0.227. The Morgan fingerprint density at radius 3 is 2.38 bits per heavy atom. The largest absolute Gasteiger partial charge is 0.350 e. The molecule has 0 saturated carbocycles. The van der Waals surface area contributed by atoms with E-state index in [1.807, 2.05) is 0 Å². The second kappa shape index (κ2) is 13.5. The molecule has 0 amide bonds. The number of hydrogen-bond acceptors (Lipinski definition) is 4. The lowest BCUT2D eigenvalue weighted by Crippen LogP contribution is -2.49. The standard InChI is InChI=1S/C44H40N4/c45-29-30-10-9-15-37(28-30)31-18-20-32(21-19-31)38-26-27-39(41-17-8-7-16-40(38)41)33-22-24-36(25-23-33)44-47-42(34-11-3-1-4-12-34)46-43(48-44)35-13-5-2-6-14-35/h1-5,7-8,11-13,15-18,20,22-25,27-28,38,42-43,46H,6,9-10,14,19,21,26H2,(H,47,48). The first-order chi connectivity index (χ1) is 23.7. The summed E-state index contributed by atoms with van der Waals surface area (Å²) in [6, 6.07) is 30.8. The van der Waals surface area contributed by atoms with Crippen molar-refractivity contribution in [3.63, 3.8) is 0 Å². The Hall–Kier alpha value is -5.24. The zero-order valence-electron chi connectivity index (χ0n) is 27.2. The number of hydrogen-bond donors (Lipinski definition) is 2. The maximum atomic E-state index is 9.40. The lowest BCUT2D eigenvalue weighted by atomic mass is 9.74. The number of allylic oxidation sites excluding steroid dienone is 12. The molecule has 236 valence electrons. The van der Waals surface area contributed by atoms with Crippen LogP contribution in [0.1, 0.15) is 84.8 Å².